The van der Waals surface area contributed by atoms with Crippen molar-refractivity contribution in [1.82, 2.24) is 0 Å². The monoisotopic (exact) mass is 306 g/mol. The molecule has 0 saturated carbocycles. The van der Waals surface area contributed by atoms with Gasteiger partial charge in [-0.2, -0.15) is 13.2 Å². The lowest BCUT2D eigenvalue weighted by Gasteiger charge is -2.16. The Kier molecular flexibility index (Phi) is 6.48. The van der Waals surface area contributed by atoms with Crippen LogP contribution in [0.25, 0.3) is 0 Å². The SMILES string of the molecule is COCCC(COc1cccc(C(F)(F)F)c1)C(=O)OC. The van der Waals surface area contributed by atoms with Crippen LogP contribution in [0.3, 0.4) is 0 Å². The molecule has 1 unspecified atom stereocenters. The van der Waals surface area contributed by atoms with Crippen molar-refractivity contribution in [3.8, 4) is 5.75 Å². The average Bonchev–Trinajstić information content (AvgIpc) is 2.46. The maximum Gasteiger partial charge on any atom is 0.416 e. The molecule has 1 aromatic rings. The molecule has 0 bridgehead atoms. The van der Waals surface area contributed by atoms with Gasteiger partial charge in [-0.15, -0.1) is 0 Å². The second-order valence-corrected chi connectivity index (χ2v) is 4.34. The molecule has 0 heterocycles. The van der Waals surface area contributed by atoms with Crippen LogP contribution in [0.15, 0.2) is 24.3 Å². The summed E-state index contributed by atoms with van der Waals surface area (Å²) >= 11 is 0. The quantitative estimate of drug-likeness (QED) is 0.727. The number of hydrogen-bond acceptors (Lipinski definition) is 4. The van der Waals surface area contributed by atoms with E-state index in [1.54, 1.807) is 0 Å². The van der Waals surface area contributed by atoms with E-state index in [2.05, 4.69) is 4.74 Å². The van der Waals surface area contributed by atoms with Crippen molar-refractivity contribution in [1.29, 1.82) is 0 Å². The molecule has 0 aliphatic rings. The van der Waals surface area contributed by atoms with E-state index in [1.807, 2.05) is 0 Å². The van der Waals surface area contributed by atoms with E-state index in [9.17, 15) is 18.0 Å². The zero-order valence-corrected chi connectivity index (χ0v) is 11.8. The summed E-state index contributed by atoms with van der Waals surface area (Å²) in [4.78, 5) is 11.5. The minimum Gasteiger partial charge on any atom is -0.493 e. The maximum absolute atomic E-state index is 12.6. The van der Waals surface area contributed by atoms with E-state index < -0.39 is 23.6 Å². The molecule has 0 fully saturated rings. The van der Waals surface area contributed by atoms with Crippen LogP contribution in [-0.4, -0.2) is 33.4 Å². The highest BCUT2D eigenvalue weighted by Gasteiger charge is 2.30. The molecule has 0 aromatic heterocycles. The van der Waals surface area contributed by atoms with Crippen LogP contribution in [0.5, 0.6) is 5.75 Å². The number of methoxy groups -OCH3 is 2. The van der Waals surface area contributed by atoms with Gasteiger partial charge < -0.3 is 14.2 Å². The summed E-state index contributed by atoms with van der Waals surface area (Å²) in [5.41, 5.74) is -0.800. The first-order valence-electron chi connectivity index (χ1n) is 6.25. The van der Waals surface area contributed by atoms with E-state index in [1.165, 1.54) is 26.4 Å². The molecule has 1 aromatic carbocycles. The molecule has 0 spiro atoms. The van der Waals surface area contributed by atoms with E-state index in [0.29, 0.717) is 13.0 Å². The predicted molar refractivity (Wildman–Crippen MR) is 68.9 cm³/mol. The Balaban J connectivity index is 2.69. The number of benzene rings is 1. The van der Waals surface area contributed by atoms with Crippen LogP contribution < -0.4 is 4.74 Å². The lowest BCUT2D eigenvalue weighted by atomic mass is 10.1. The zero-order valence-electron chi connectivity index (χ0n) is 11.8. The van der Waals surface area contributed by atoms with Gasteiger partial charge in [-0.1, -0.05) is 6.07 Å². The second kappa shape index (κ2) is 7.87. The lowest BCUT2D eigenvalue weighted by molar-refractivity contribution is -0.147. The number of alkyl halides is 3. The van der Waals surface area contributed by atoms with Crippen molar-refractivity contribution in [3.05, 3.63) is 29.8 Å². The number of ether oxygens (including phenoxy) is 3. The van der Waals surface area contributed by atoms with Gasteiger partial charge in [0.25, 0.3) is 0 Å². The Hall–Kier alpha value is -1.76. The third-order valence-corrected chi connectivity index (χ3v) is 2.82. The van der Waals surface area contributed by atoms with E-state index in [0.717, 1.165) is 12.1 Å². The normalized spacial score (nSPS) is 12.8. The minimum absolute atomic E-state index is 0.0520. The molecule has 0 N–H and O–H groups in total. The zero-order chi connectivity index (χ0) is 15.9. The van der Waals surface area contributed by atoms with Gasteiger partial charge in [0, 0.05) is 13.7 Å². The summed E-state index contributed by atoms with van der Waals surface area (Å²) in [5, 5.41) is 0. The molecule has 4 nitrogen and oxygen atoms in total. The highest BCUT2D eigenvalue weighted by Crippen LogP contribution is 2.31. The van der Waals surface area contributed by atoms with Crippen LogP contribution in [0.2, 0.25) is 0 Å². The van der Waals surface area contributed by atoms with Crippen molar-refractivity contribution in [2.24, 2.45) is 5.92 Å². The molecule has 0 aliphatic carbocycles. The van der Waals surface area contributed by atoms with Gasteiger partial charge in [-0.25, -0.2) is 0 Å². The average molecular weight is 306 g/mol. The number of hydrogen-bond donors (Lipinski definition) is 0. The van der Waals surface area contributed by atoms with Crippen LogP contribution in [0.4, 0.5) is 13.2 Å². The fourth-order valence-electron chi connectivity index (χ4n) is 1.66. The number of carbonyl (C=O) groups excluding carboxylic acids is 1. The van der Waals surface area contributed by atoms with Crippen molar-refractivity contribution in [2.75, 3.05) is 27.4 Å². The molecule has 0 radical (unpaired) electrons. The third kappa shape index (κ3) is 5.63. The van der Waals surface area contributed by atoms with Crippen molar-refractivity contribution in [3.63, 3.8) is 0 Å². The predicted octanol–water partition coefficient (Wildman–Crippen LogP) is 2.91. The first-order valence-corrected chi connectivity index (χ1v) is 6.25. The fourth-order valence-corrected chi connectivity index (χ4v) is 1.66. The first-order chi connectivity index (χ1) is 9.88. The summed E-state index contributed by atoms with van der Waals surface area (Å²) in [7, 11) is 2.73. The van der Waals surface area contributed by atoms with Crippen molar-refractivity contribution < 1.29 is 32.2 Å². The van der Waals surface area contributed by atoms with Crippen LogP contribution in [-0.2, 0) is 20.4 Å². The van der Waals surface area contributed by atoms with Crippen LogP contribution >= 0.6 is 0 Å². The van der Waals surface area contributed by atoms with Gasteiger partial charge in [0.2, 0.25) is 0 Å². The van der Waals surface area contributed by atoms with Gasteiger partial charge >= 0.3 is 12.1 Å². The Morgan fingerprint density at radius 2 is 2.00 bits per heavy atom. The Morgan fingerprint density at radius 1 is 1.29 bits per heavy atom. The van der Waals surface area contributed by atoms with Gasteiger partial charge in [0.05, 0.1) is 18.6 Å². The highest BCUT2D eigenvalue weighted by molar-refractivity contribution is 5.72. The molecule has 7 heteroatoms. The number of rotatable bonds is 7. The van der Waals surface area contributed by atoms with E-state index in [-0.39, 0.29) is 12.4 Å². The van der Waals surface area contributed by atoms with Crippen molar-refractivity contribution in [2.45, 2.75) is 12.6 Å². The van der Waals surface area contributed by atoms with E-state index in [4.69, 9.17) is 9.47 Å². The molecule has 0 saturated heterocycles. The second-order valence-electron chi connectivity index (χ2n) is 4.34. The van der Waals surface area contributed by atoms with Crippen LogP contribution in [0.1, 0.15) is 12.0 Å². The van der Waals surface area contributed by atoms with Crippen molar-refractivity contribution >= 4 is 5.97 Å². The minimum atomic E-state index is -4.43. The number of esters is 1. The number of carbonyl (C=O) groups is 1. The Labute approximate surface area is 120 Å². The third-order valence-electron chi connectivity index (χ3n) is 2.82. The highest BCUT2D eigenvalue weighted by atomic mass is 19.4. The summed E-state index contributed by atoms with van der Waals surface area (Å²) in [6, 6.07) is 4.50. The maximum atomic E-state index is 12.6. The fraction of sp³-hybridized carbons (Fsp3) is 0.500. The summed E-state index contributed by atoms with van der Waals surface area (Å²) in [6.07, 6.45) is -4.07. The topological polar surface area (TPSA) is 44.8 Å². The molecule has 21 heavy (non-hydrogen) atoms. The number of halogens is 3. The summed E-state index contributed by atoms with van der Waals surface area (Å²) in [5.74, 6) is -1.03. The van der Waals surface area contributed by atoms with E-state index >= 15 is 0 Å². The van der Waals surface area contributed by atoms with Crippen LogP contribution in [0, 0.1) is 5.92 Å². The van der Waals surface area contributed by atoms with Gasteiger partial charge in [0.15, 0.2) is 0 Å². The molecule has 0 aliphatic heterocycles. The summed E-state index contributed by atoms with van der Waals surface area (Å²) in [6.45, 7) is 0.253. The van der Waals surface area contributed by atoms with Gasteiger partial charge in [0.1, 0.15) is 12.4 Å². The molecular weight excluding hydrogens is 289 g/mol. The molecule has 1 rings (SSSR count). The molecular formula is C14H17F3O4. The van der Waals surface area contributed by atoms with Gasteiger partial charge in [-0.05, 0) is 24.6 Å². The lowest BCUT2D eigenvalue weighted by Crippen LogP contribution is -2.24. The molecule has 118 valence electrons. The molecule has 1 atom stereocenters. The standard InChI is InChI=1S/C14H17F3O4/c1-19-7-6-10(13(18)20-2)9-21-12-5-3-4-11(8-12)14(15,16)17/h3-5,8,10H,6-7,9H2,1-2H3. The van der Waals surface area contributed by atoms with Gasteiger partial charge in [-0.3, -0.25) is 4.79 Å². The largest absolute Gasteiger partial charge is 0.493 e. The molecule has 0 amide bonds. The summed E-state index contributed by atoms with van der Waals surface area (Å²) < 4.78 is 52.5. The Morgan fingerprint density at radius 3 is 2.57 bits per heavy atom. The first kappa shape index (κ1) is 17.3. The Bertz CT molecular complexity index is 460. The smallest absolute Gasteiger partial charge is 0.416 e.